The van der Waals surface area contributed by atoms with E-state index in [0.29, 0.717) is 6.54 Å². The van der Waals surface area contributed by atoms with Gasteiger partial charge in [0.1, 0.15) is 6.54 Å². The van der Waals surface area contributed by atoms with Crippen LogP contribution in [0, 0.1) is 11.8 Å². The third-order valence-corrected chi connectivity index (χ3v) is 2.65. The fourth-order valence-electron chi connectivity index (χ4n) is 1.21. The second-order valence-electron chi connectivity index (χ2n) is 3.19. The molecule has 0 bridgehead atoms. The molecule has 1 nitrogen and oxygen atoms in total. The van der Waals surface area contributed by atoms with Crippen LogP contribution in [0.25, 0.3) is 0 Å². The number of benzene rings is 1. The standard InChI is InChI=1S/C14H11NS/c1-2-5-13(6-3-1)11-15-9-4-7-14-8-10-16-12-14/h1-3,5-6,8,10-12H,9H2. The zero-order chi connectivity index (χ0) is 11.1. The smallest absolute Gasteiger partial charge is 0.100 e. The Morgan fingerprint density at radius 2 is 2.06 bits per heavy atom. The van der Waals surface area contributed by atoms with Crippen molar-refractivity contribution in [3.63, 3.8) is 0 Å². The van der Waals surface area contributed by atoms with Crippen molar-refractivity contribution < 1.29 is 0 Å². The fourth-order valence-corrected chi connectivity index (χ4v) is 1.80. The number of hydrogen-bond donors (Lipinski definition) is 0. The maximum absolute atomic E-state index is 4.25. The molecule has 0 spiro atoms. The van der Waals surface area contributed by atoms with Gasteiger partial charge in [0, 0.05) is 17.2 Å². The molecule has 16 heavy (non-hydrogen) atoms. The van der Waals surface area contributed by atoms with Crippen molar-refractivity contribution in [1.82, 2.24) is 0 Å². The van der Waals surface area contributed by atoms with Gasteiger partial charge in [-0.05, 0) is 17.0 Å². The number of thiophene rings is 1. The van der Waals surface area contributed by atoms with E-state index in [-0.39, 0.29) is 0 Å². The molecule has 1 heterocycles. The summed E-state index contributed by atoms with van der Waals surface area (Å²) in [5.41, 5.74) is 2.18. The summed E-state index contributed by atoms with van der Waals surface area (Å²) < 4.78 is 0. The molecule has 2 heteroatoms. The van der Waals surface area contributed by atoms with Crippen LogP contribution in [0.2, 0.25) is 0 Å². The quantitative estimate of drug-likeness (QED) is 0.549. The first-order chi connectivity index (χ1) is 7.95. The van der Waals surface area contributed by atoms with Crippen LogP contribution in [0.4, 0.5) is 0 Å². The Morgan fingerprint density at radius 1 is 1.19 bits per heavy atom. The molecule has 0 radical (unpaired) electrons. The minimum absolute atomic E-state index is 0.546. The number of hydrogen-bond acceptors (Lipinski definition) is 2. The average molecular weight is 225 g/mol. The van der Waals surface area contributed by atoms with Gasteiger partial charge >= 0.3 is 0 Å². The first-order valence-corrected chi connectivity index (χ1v) is 5.95. The van der Waals surface area contributed by atoms with E-state index >= 15 is 0 Å². The van der Waals surface area contributed by atoms with Gasteiger partial charge in [0.15, 0.2) is 0 Å². The summed E-state index contributed by atoms with van der Waals surface area (Å²) in [6, 6.07) is 12.1. The minimum atomic E-state index is 0.546. The van der Waals surface area contributed by atoms with Crippen LogP contribution >= 0.6 is 11.3 Å². The number of nitrogens with zero attached hydrogens (tertiary/aromatic N) is 1. The molecular weight excluding hydrogens is 214 g/mol. The third kappa shape index (κ3) is 3.38. The van der Waals surface area contributed by atoms with Gasteiger partial charge in [0.05, 0.1) is 0 Å². The largest absolute Gasteiger partial charge is 0.280 e. The van der Waals surface area contributed by atoms with Gasteiger partial charge < -0.3 is 0 Å². The fraction of sp³-hybridized carbons (Fsp3) is 0.0714. The predicted molar refractivity (Wildman–Crippen MR) is 70.1 cm³/mol. The van der Waals surface area contributed by atoms with Crippen LogP contribution < -0.4 is 0 Å². The van der Waals surface area contributed by atoms with Crippen molar-refractivity contribution in [1.29, 1.82) is 0 Å². The molecule has 2 rings (SSSR count). The molecule has 2 aromatic rings. The Morgan fingerprint density at radius 3 is 2.81 bits per heavy atom. The first kappa shape index (κ1) is 10.7. The van der Waals surface area contributed by atoms with Crippen LogP contribution in [-0.4, -0.2) is 12.8 Å². The van der Waals surface area contributed by atoms with Crippen molar-refractivity contribution >= 4 is 17.6 Å². The maximum atomic E-state index is 4.25. The predicted octanol–water partition coefficient (Wildman–Crippen LogP) is 3.22. The molecule has 0 atom stereocenters. The average Bonchev–Trinajstić information content (AvgIpc) is 2.83. The van der Waals surface area contributed by atoms with Crippen molar-refractivity contribution in [3.8, 4) is 11.8 Å². The highest BCUT2D eigenvalue weighted by molar-refractivity contribution is 7.08. The Bertz CT molecular complexity index is 501. The summed E-state index contributed by atoms with van der Waals surface area (Å²) in [5.74, 6) is 6.07. The molecule has 0 saturated heterocycles. The highest BCUT2D eigenvalue weighted by Gasteiger charge is 1.83. The first-order valence-electron chi connectivity index (χ1n) is 5.01. The Balaban J connectivity index is 1.87. The molecule has 0 saturated carbocycles. The van der Waals surface area contributed by atoms with E-state index in [4.69, 9.17) is 0 Å². The van der Waals surface area contributed by atoms with E-state index in [1.54, 1.807) is 11.3 Å². The van der Waals surface area contributed by atoms with Crippen LogP contribution in [0.5, 0.6) is 0 Å². The van der Waals surface area contributed by atoms with Gasteiger partial charge in [0.2, 0.25) is 0 Å². The van der Waals surface area contributed by atoms with Gasteiger partial charge in [-0.2, -0.15) is 11.3 Å². The lowest BCUT2D eigenvalue weighted by Gasteiger charge is -1.88. The molecule has 78 valence electrons. The van der Waals surface area contributed by atoms with Crippen LogP contribution in [0.1, 0.15) is 11.1 Å². The van der Waals surface area contributed by atoms with Gasteiger partial charge in [-0.15, -0.1) is 0 Å². The molecule has 1 aromatic carbocycles. The van der Waals surface area contributed by atoms with E-state index in [1.807, 2.05) is 53.4 Å². The number of rotatable bonds is 2. The Kier molecular flexibility index (Phi) is 3.93. The Labute approximate surface area is 99.5 Å². The molecular formula is C14H11NS. The highest BCUT2D eigenvalue weighted by Crippen LogP contribution is 2.02. The van der Waals surface area contributed by atoms with Gasteiger partial charge in [-0.25, -0.2) is 0 Å². The zero-order valence-electron chi connectivity index (χ0n) is 8.76. The molecule has 1 aromatic heterocycles. The minimum Gasteiger partial charge on any atom is -0.280 e. The van der Waals surface area contributed by atoms with Gasteiger partial charge in [0.25, 0.3) is 0 Å². The summed E-state index contributed by atoms with van der Waals surface area (Å²) in [4.78, 5) is 4.25. The molecule has 0 aliphatic rings. The third-order valence-electron chi connectivity index (χ3n) is 1.96. The van der Waals surface area contributed by atoms with Crippen molar-refractivity contribution in [2.45, 2.75) is 0 Å². The van der Waals surface area contributed by atoms with E-state index in [9.17, 15) is 0 Å². The van der Waals surface area contributed by atoms with Crippen LogP contribution in [0.3, 0.4) is 0 Å². The lowest BCUT2D eigenvalue weighted by molar-refractivity contribution is 1.30. The summed E-state index contributed by atoms with van der Waals surface area (Å²) in [6.07, 6.45) is 1.85. The topological polar surface area (TPSA) is 12.4 Å². The second kappa shape index (κ2) is 5.89. The van der Waals surface area contributed by atoms with E-state index in [1.165, 1.54) is 0 Å². The van der Waals surface area contributed by atoms with Crippen molar-refractivity contribution in [3.05, 3.63) is 58.3 Å². The van der Waals surface area contributed by atoms with Gasteiger partial charge in [-0.3, -0.25) is 4.99 Å². The molecule has 0 amide bonds. The van der Waals surface area contributed by atoms with E-state index in [0.717, 1.165) is 11.1 Å². The second-order valence-corrected chi connectivity index (χ2v) is 3.97. The summed E-state index contributed by atoms with van der Waals surface area (Å²) >= 11 is 1.66. The monoisotopic (exact) mass is 225 g/mol. The van der Waals surface area contributed by atoms with Crippen molar-refractivity contribution in [2.24, 2.45) is 4.99 Å². The van der Waals surface area contributed by atoms with Gasteiger partial charge in [-0.1, -0.05) is 42.2 Å². The zero-order valence-corrected chi connectivity index (χ0v) is 9.58. The summed E-state index contributed by atoms with van der Waals surface area (Å²) in [5, 5.41) is 4.06. The van der Waals surface area contributed by atoms with Crippen LogP contribution in [-0.2, 0) is 0 Å². The van der Waals surface area contributed by atoms with E-state index in [2.05, 4.69) is 16.8 Å². The van der Waals surface area contributed by atoms with Crippen LogP contribution in [0.15, 0.2) is 52.2 Å². The molecule has 0 fully saturated rings. The van der Waals surface area contributed by atoms with Crippen molar-refractivity contribution in [2.75, 3.05) is 6.54 Å². The SMILES string of the molecule is C(#Cc1ccsc1)CN=Cc1ccccc1. The maximum Gasteiger partial charge on any atom is 0.100 e. The van der Waals surface area contributed by atoms with E-state index < -0.39 is 0 Å². The summed E-state index contributed by atoms with van der Waals surface area (Å²) in [6.45, 7) is 0.546. The number of aliphatic imine (C=N–C) groups is 1. The summed E-state index contributed by atoms with van der Waals surface area (Å²) in [7, 11) is 0. The molecule has 0 N–H and O–H groups in total. The Hall–Kier alpha value is -1.85. The highest BCUT2D eigenvalue weighted by atomic mass is 32.1. The molecule has 0 unspecified atom stereocenters. The molecule has 0 aliphatic heterocycles. The lowest BCUT2D eigenvalue weighted by atomic mass is 10.2. The normalized spacial score (nSPS) is 10.0. The lowest BCUT2D eigenvalue weighted by Crippen LogP contribution is -1.81. The molecule has 0 aliphatic carbocycles.